The molecule has 0 heterocycles. The number of thiocarbonyl (C=S) groups is 1. The van der Waals surface area contributed by atoms with Crippen LogP contribution in [0.15, 0.2) is 24.3 Å². The summed E-state index contributed by atoms with van der Waals surface area (Å²) in [7, 11) is 0. The van der Waals surface area contributed by atoms with E-state index >= 15 is 0 Å². The highest BCUT2D eigenvalue weighted by molar-refractivity contribution is 7.80. The first-order valence-electron chi connectivity index (χ1n) is 6.90. The van der Waals surface area contributed by atoms with Crippen molar-refractivity contribution in [3.8, 4) is 0 Å². The zero-order valence-electron chi connectivity index (χ0n) is 12.6. The van der Waals surface area contributed by atoms with E-state index in [4.69, 9.17) is 52.1 Å². The van der Waals surface area contributed by atoms with Crippen molar-refractivity contribution in [3.63, 3.8) is 0 Å². The molecule has 132 valence electrons. The molecule has 1 rings (SSSR count). The number of aromatic carboxylic acids is 1. The fourth-order valence-electron chi connectivity index (χ4n) is 1.65. The van der Waals surface area contributed by atoms with Gasteiger partial charge in [0.05, 0.1) is 5.56 Å². The van der Waals surface area contributed by atoms with Crippen molar-refractivity contribution in [1.29, 1.82) is 0 Å². The van der Waals surface area contributed by atoms with Crippen LogP contribution < -0.4 is 16.0 Å². The van der Waals surface area contributed by atoms with Crippen LogP contribution in [0.25, 0.3) is 0 Å². The fourth-order valence-corrected chi connectivity index (χ4v) is 2.22. The van der Waals surface area contributed by atoms with Crippen LogP contribution in [0.1, 0.15) is 30.1 Å². The van der Waals surface area contributed by atoms with Crippen LogP contribution in [0, 0.1) is 0 Å². The third-order valence-corrected chi connectivity index (χ3v) is 3.65. The highest BCUT2D eigenvalue weighted by Crippen LogP contribution is 2.29. The lowest BCUT2D eigenvalue weighted by Crippen LogP contribution is -2.56. The first-order chi connectivity index (χ1) is 11.1. The van der Waals surface area contributed by atoms with Crippen LogP contribution in [0.2, 0.25) is 0 Å². The molecule has 1 aromatic carbocycles. The Morgan fingerprint density at radius 1 is 1.21 bits per heavy atom. The number of carboxylic acid groups (broad SMARTS) is 1. The molecule has 6 nitrogen and oxygen atoms in total. The summed E-state index contributed by atoms with van der Waals surface area (Å²) in [5.41, 5.74) is 0.686. The Morgan fingerprint density at radius 2 is 1.79 bits per heavy atom. The topological polar surface area (TPSA) is 90.5 Å². The summed E-state index contributed by atoms with van der Waals surface area (Å²) in [6.45, 7) is 1.85. The van der Waals surface area contributed by atoms with Gasteiger partial charge in [-0.15, -0.1) is 0 Å². The number of carbonyl (C=O) groups excluding carboxylic acids is 1. The Hall–Kier alpha value is -1.28. The van der Waals surface area contributed by atoms with Crippen molar-refractivity contribution in [2.75, 3.05) is 5.32 Å². The van der Waals surface area contributed by atoms with Crippen molar-refractivity contribution in [3.05, 3.63) is 29.8 Å². The van der Waals surface area contributed by atoms with E-state index in [1.807, 2.05) is 6.92 Å². The molecule has 1 amide bonds. The number of hydrogen-bond acceptors (Lipinski definition) is 3. The Labute approximate surface area is 159 Å². The predicted octanol–water partition coefficient (Wildman–Crippen LogP) is 3.28. The number of rotatable bonds is 6. The number of amides is 1. The van der Waals surface area contributed by atoms with Crippen molar-refractivity contribution >= 4 is 69.7 Å². The lowest BCUT2D eigenvalue weighted by molar-refractivity contribution is -0.121. The first-order valence-corrected chi connectivity index (χ1v) is 8.44. The van der Waals surface area contributed by atoms with Gasteiger partial charge in [-0.05, 0) is 42.9 Å². The van der Waals surface area contributed by atoms with Gasteiger partial charge in [0.15, 0.2) is 5.11 Å². The van der Waals surface area contributed by atoms with Gasteiger partial charge in [0.25, 0.3) is 0 Å². The monoisotopic (exact) mass is 411 g/mol. The van der Waals surface area contributed by atoms with Gasteiger partial charge >= 0.3 is 5.97 Å². The van der Waals surface area contributed by atoms with Gasteiger partial charge in [-0.2, -0.15) is 0 Å². The largest absolute Gasteiger partial charge is 0.478 e. The molecule has 0 aliphatic carbocycles. The molecule has 0 aliphatic heterocycles. The number of alkyl halides is 3. The SMILES string of the molecule is CCCC(=O)N[C@H](NC(=S)Nc1ccc(C(=O)O)cc1)C(Cl)(Cl)Cl. The maximum Gasteiger partial charge on any atom is 0.335 e. The third kappa shape index (κ3) is 7.09. The first kappa shape index (κ1) is 20.8. The standard InChI is InChI=1S/C14H16Cl3N3O3S/c1-2-3-10(21)19-12(14(15,16)17)20-13(24)18-9-6-4-8(5-7-9)11(22)23/h4-7,12H,2-3H2,1H3,(H,19,21)(H,22,23)(H2,18,20,24)/t12-/m1/s1. The number of hydrogen-bond donors (Lipinski definition) is 4. The molecular formula is C14H16Cl3N3O3S. The molecular weight excluding hydrogens is 397 g/mol. The lowest BCUT2D eigenvalue weighted by atomic mass is 10.2. The maximum absolute atomic E-state index is 11.7. The van der Waals surface area contributed by atoms with E-state index in [1.54, 1.807) is 0 Å². The van der Waals surface area contributed by atoms with Crippen molar-refractivity contribution in [2.45, 2.75) is 29.7 Å². The number of carbonyl (C=O) groups is 2. The molecule has 4 N–H and O–H groups in total. The van der Waals surface area contributed by atoms with Crippen LogP contribution in [0.5, 0.6) is 0 Å². The molecule has 1 atom stereocenters. The third-order valence-electron chi connectivity index (χ3n) is 2.77. The van der Waals surface area contributed by atoms with Crippen LogP contribution in [0.4, 0.5) is 5.69 Å². The Balaban J connectivity index is 2.70. The second-order valence-electron chi connectivity index (χ2n) is 4.77. The van der Waals surface area contributed by atoms with Crippen molar-refractivity contribution in [2.24, 2.45) is 0 Å². The van der Waals surface area contributed by atoms with Crippen molar-refractivity contribution < 1.29 is 14.7 Å². The van der Waals surface area contributed by atoms with E-state index in [0.717, 1.165) is 0 Å². The summed E-state index contributed by atoms with van der Waals surface area (Å²) >= 11 is 22.7. The molecule has 0 saturated heterocycles. The Bertz CT molecular complexity index is 606. The molecule has 0 unspecified atom stereocenters. The summed E-state index contributed by atoms with van der Waals surface area (Å²) in [4.78, 5) is 22.5. The fraction of sp³-hybridized carbons (Fsp3) is 0.357. The minimum absolute atomic E-state index is 0.103. The van der Waals surface area contributed by atoms with Gasteiger partial charge in [0, 0.05) is 12.1 Å². The highest BCUT2D eigenvalue weighted by atomic mass is 35.6. The Kier molecular flexibility index (Phi) is 8.02. The van der Waals surface area contributed by atoms with Crippen LogP contribution >= 0.6 is 47.0 Å². The number of nitrogens with one attached hydrogen (secondary N) is 3. The van der Waals surface area contributed by atoms with E-state index in [0.29, 0.717) is 12.1 Å². The highest BCUT2D eigenvalue weighted by Gasteiger charge is 2.34. The lowest BCUT2D eigenvalue weighted by Gasteiger charge is -2.27. The van der Waals surface area contributed by atoms with Gasteiger partial charge in [0.1, 0.15) is 6.17 Å². The van der Waals surface area contributed by atoms with E-state index < -0.39 is 15.9 Å². The number of benzene rings is 1. The molecule has 0 bridgehead atoms. The van der Waals surface area contributed by atoms with Crippen LogP contribution in [-0.4, -0.2) is 32.1 Å². The normalized spacial score (nSPS) is 12.2. The average molecular weight is 413 g/mol. The van der Waals surface area contributed by atoms with Gasteiger partial charge in [0.2, 0.25) is 9.70 Å². The van der Waals surface area contributed by atoms with E-state index in [1.165, 1.54) is 24.3 Å². The molecule has 0 aromatic heterocycles. The molecule has 1 aromatic rings. The predicted molar refractivity (Wildman–Crippen MR) is 99.9 cm³/mol. The van der Waals surface area contributed by atoms with E-state index in [-0.39, 0.29) is 23.0 Å². The maximum atomic E-state index is 11.7. The quantitative estimate of drug-likeness (QED) is 0.326. The summed E-state index contributed by atoms with van der Waals surface area (Å²) in [5, 5.41) is 17.0. The van der Waals surface area contributed by atoms with Crippen LogP contribution in [-0.2, 0) is 4.79 Å². The zero-order valence-corrected chi connectivity index (χ0v) is 15.7. The molecule has 24 heavy (non-hydrogen) atoms. The van der Waals surface area contributed by atoms with E-state index in [9.17, 15) is 9.59 Å². The van der Waals surface area contributed by atoms with Gasteiger partial charge in [-0.25, -0.2) is 4.79 Å². The summed E-state index contributed by atoms with van der Waals surface area (Å²) in [5.74, 6) is -1.31. The number of anilines is 1. The van der Waals surface area contributed by atoms with Crippen LogP contribution in [0.3, 0.4) is 0 Å². The second-order valence-corrected chi connectivity index (χ2v) is 7.55. The minimum Gasteiger partial charge on any atom is -0.478 e. The zero-order chi connectivity index (χ0) is 18.3. The molecule has 0 saturated carbocycles. The van der Waals surface area contributed by atoms with E-state index in [2.05, 4.69) is 16.0 Å². The smallest absolute Gasteiger partial charge is 0.335 e. The summed E-state index contributed by atoms with van der Waals surface area (Å²) in [6.07, 6.45) is -0.0906. The summed E-state index contributed by atoms with van der Waals surface area (Å²) in [6, 6.07) is 5.92. The second kappa shape index (κ2) is 9.27. The van der Waals surface area contributed by atoms with Gasteiger partial charge < -0.3 is 21.1 Å². The van der Waals surface area contributed by atoms with Gasteiger partial charge in [-0.1, -0.05) is 41.7 Å². The average Bonchev–Trinajstić information content (AvgIpc) is 2.46. The molecule has 0 aliphatic rings. The molecule has 0 spiro atoms. The minimum atomic E-state index is -1.82. The molecule has 0 fully saturated rings. The molecule has 0 radical (unpaired) electrons. The molecule has 10 heteroatoms. The van der Waals surface area contributed by atoms with Crippen molar-refractivity contribution in [1.82, 2.24) is 10.6 Å². The van der Waals surface area contributed by atoms with Gasteiger partial charge in [-0.3, -0.25) is 4.79 Å². The number of halogens is 3. The number of carboxylic acids is 1. The summed E-state index contributed by atoms with van der Waals surface area (Å²) < 4.78 is -1.82. The Morgan fingerprint density at radius 3 is 2.25 bits per heavy atom.